The van der Waals surface area contributed by atoms with Gasteiger partial charge in [-0.05, 0) is 12.8 Å². The van der Waals surface area contributed by atoms with Crippen molar-refractivity contribution in [3.63, 3.8) is 0 Å². The molecule has 0 radical (unpaired) electrons. The van der Waals surface area contributed by atoms with Gasteiger partial charge < -0.3 is 10.2 Å². The van der Waals surface area contributed by atoms with Crippen LogP contribution in [0.15, 0.2) is 0 Å². The largest absolute Gasteiger partial charge is 0.389 e. The van der Waals surface area contributed by atoms with Crippen molar-refractivity contribution in [1.82, 2.24) is 0 Å². The van der Waals surface area contributed by atoms with Gasteiger partial charge in [-0.1, -0.05) is 41.5 Å². The highest BCUT2D eigenvalue weighted by Gasteiger charge is 2.78. The zero-order chi connectivity index (χ0) is 11.4. The summed E-state index contributed by atoms with van der Waals surface area (Å²) >= 11 is 0. The van der Waals surface area contributed by atoms with E-state index in [9.17, 15) is 10.2 Å². The van der Waals surface area contributed by atoms with E-state index in [-0.39, 0.29) is 0 Å². The van der Waals surface area contributed by atoms with Crippen molar-refractivity contribution in [2.75, 3.05) is 0 Å². The van der Waals surface area contributed by atoms with E-state index < -0.39 is 22.0 Å². The molecule has 0 aromatic carbocycles. The van der Waals surface area contributed by atoms with E-state index in [1.807, 2.05) is 41.5 Å². The molecule has 0 spiro atoms. The Morgan fingerprint density at radius 3 is 1.07 bits per heavy atom. The molecule has 2 nitrogen and oxygen atoms in total. The molecule has 0 aromatic rings. The van der Waals surface area contributed by atoms with Crippen molar-refractivity contribution in [1.29, 1.82) is 0 Å². The predicted molar refractivity (Wildman–Crippen MR) is 58.0 cm³/mol. The summed E-state index contributed by atoms with van der Waals surface area (Å²) in [6.07, 6.45) is 1.38. The average molecular weight is 200 g/mol. The summed E-state index contributed by atoms with van der Waals surface area (Å²) in [5.41, 5.74) is -2.37. The zero-order valence-electron chi connectivity index (χ0n) is 10.3. The molecule has 0 aliphatic heterocycles. The van der Waals surface area contributed by atoms with E-state index in [1.54, 1.807) is 0 Å². The van der Waals surface area contributed by atoms with Crippen molar-refractivity contribution < 1.29 is 10.2 Å². The Morgan fingerprint density at radius 2 is 0.929 bits per heavy atom. The second-order valence-corrected chi connectivity index (χ2v) is 5.68. The molecule has 0 aromatic heterocycles. The molecule has 84 valence electrons. The third-order valence-electron chi connectivity index (χ3n) is 5.16. The van der Waals surface area contributed by atoms with Gasteiger partial charge in [-0.25, -0.2) is 0 Å². The molecule has 0 bridgehead atoms. The van der Waals surface area contributed by atoms with Crippen molar-refractivity contribution in [2.24, 2.45) is 10.8 Å². The van der Waals surface area contributed by atoms with Crippen molar-refractivity contribution in [3.8, 4) is 0 Å². The van der Waals surface area contributed by atoms with Crippen LogP contribution in [-0.2, 0) is 0 Å². The lowest BCUT2D eigenvalue weighted by atomic mass is 9.34. The number of aliphatic hydroxyl groups is 2. The van der Waals surface area contributed by atoms with Gasteiger partial charge in [0.15, 0.2) is 0 Å². The lowest BCUT2D eigenvalue weighted by Crippen LogP contribution is -2.83. The van der Waals surface area contributed by atoms with Crippen LogP contribution in [0.25, 0.3) is 0 Å². The standard InChI is InChI=1S/C12H24O2/c1-7-11(13)9(3,4)12(14,8-2)10(11,5)6/h13-14H,7-8H2,1-6H3. The fourth-order valence-electron chi connectivity index (χ4n) is 3.95. The molecule has 1 aliphatic carbocycles. The molecule has 1 fully saturated rings. The Balaban J connectivity index is 3.21. The van der Waals surface area contributed by atoms with Crippen LogP contribution in [0.5, 0.6) is 0 Å². The number of rotatable bonds is 2. The fourth-order valence-corrected chi connectivity index (χ4v) is 3.95. The van der Waals surface area contributed by atoms with Gasteiger partial charge >= 0.3 is 0 Å². The minimum absolute atomic E-state index is 0.424. The summed E-state index contributed by atoms with van der Waals surface area (Å²) in [7, 11) is 0. The van der Waals surface area contributed by atoms with Crippen LogP contribution < -0.4 is 0 Å². The Bertz CT molecular complexity index is 203. The van der Waals surface area contributed by atoms with Gasteiger partial charge in [-0.3, -0.25) is 0 Å². The van der Waals surface area contributed by atoms with E-state index >= 15 is 0 Å². The molecule has 2 heteroatoms. The summed E-state index contributed by atoms with van der Waals surface area (Å²) in [4.78, 5) is 0. The first kappa shape index (κ1) is 12.0. The lowest BCUT2D eigenvalue weighted by Gasteiger charge is -2.74. The van der Waals surface area contributed by atoms with E-state index in [0.29, 0.717) is 12.8 Å². The molecule has 0 saturated heterocycles. The Labute approximate surface area is 87.3 Å². The molecule has 2 N–H and O–H groups in total. The number of hydrogen-bond acceptors (Lipinski definition) is 2. The predicted octanol–water partition coefficient (Wildman–Crippen LogP) is 2.33. The molecule has 14 heavy (non-hydrogen) atoms. The normalized spacial score (nSPS) is 44.6. The fraction of sp³-hybridized carbons (Fsp3) is 1.00. The SMILES string of the molecule is CCC1(O)C(C)(C)C(O)(CC)C1(C)C. The Kier molecular flexibility index (Phi) is 2.34. The summed E-state index contributed by atoms with van der Waals surface area (Å²) < 4.78 is 0. The number of hydrogen-bond donors (Lipinski definition) is 2. The third kappa shape index (κ3) is 0.809. The van der Waals surface area contributed by atoms with Gasteiger partial charge in [-0.2, -0.15) is 0 Å². The summed E-state index contributed by atoms with van der Waals surface area (Å²) in [6, 6.07) is 0. The molecule has 1 rings (SSSR count). The maximum Gasteiger partial charge on any atom is 0.0801 e. The van der Waals surface area contributed by atoms with Gasteiger partial charge in [0.25, 0.3) is 0 Å². The van der Waals surface area contributed by atoms with Crippen LogP contribution >= 0.6 is 0 Å². The second kappa shape index (κ2) is 2.73. The Hall–Kier alpha value is -0.0800. The van der Waals surface area contributed by atoms with Crippen LogP contribution in [0, 0.1) is 10.8 Å². The summed E-state index contributed by atoms with van der Waals surface area (Å²) in [6.45, 7) is 11.8. The van der Waals surface area contributed by atoms with Crippen molar-refractivity contribution in [3.05, 3.63) is 0 Å². The molecule has 0 heterocycles. The van der Waals surface area contributed by atoms with Crippen LogP contribution in [0.2, 0.25) is 0 Å². The van der Waals surface area contributed by atoms with Gasteiger partial charge in [0.1, 0.15) is 0 Å². The highest BCUT2D eigenvalue weighted by atomic mass is 16.3. The molecular formula is C12H24O2. The molecule has 0 atom stereocenters. The Morgan fingerprint density at radius 1 is 0.714 bits per heavy atom. The van der Waals surface area contributed by atoms with Crippen LogP contribution in [0.4, 0.5) is 0 Å². The molecule has 1 aliphatic rings. The maximum absolute atomic E-state index is 10.6. The van der Waals surface area contributed by atoms with E-state index in [4.69, 9.17) is 0 Å². The van der Waals surface area contributed by atoms with Gasteiger partial charge in [0.2, 0.25) is 0 Å². The highest BCUT2D eigenvalue weighted by molar-refractivity contribution is 5.27. The van der Waals surface area contributed by atoms with Gasteiger partial charge in [0, 0.05) is 10.8 Å². The van der Waals surface area contributed by atoms with Crippen LogP contribution in [0.1, 0.15) is 54.4 Å². The topological polar surface area (TPSA) is 40.5 Å². The summed E-state index contributed by atoms with van der Waals surface area (Å²) in [5, 5.41) is 21.2. The average Bonchev–Trinajstić information content (AvgIpc) is 2.13. The minimum Gasteiger partial charge on any atom is -0.389 e. The molecular weight excluding hydrogens is 176 g/mol. The van der Waals surface area contributed by atoms with E-state index in [2.05, 4.69) is 0 Å². The zero-order valence-corrected chi connectivity index (χ0v) is 10.3. The first-order valence-corrected chi connectivity index (χ1v) is 5.57. The monoisotopic (exact) mass is 200 g/mol. The quantitative estimate of drug-likeness (QED) is 0.718. The van der Waals surface area contributed by atoms with E-state index in [1.165, 1.54) is 0 Å². The van der Waals surface area contributed by atoms with Gasteiger partial charge in [-0.15, -0.1) is 0 Å². The first-order valence-electron chi connectivity index (χ1n) is 5.57. The molecule has 0 amide bonds. The van der Waals surface area contributed by atoms with Gasteiger partial charge in [0.05, 0.1) is 11.2 Å². The maximum atomic E-state index is 10.6. The molecule has 1 saturated carbocycles. The summed E-state index contributed by atoms with van der Waals surface area (Å²) in [5.74, 6) is 0. The van der Waals surface area contributed by atoms with Crippen molar-refractivity contribution in [2.45, 2.75) is 65.6 Å². The first-order chi connectivity index (χ1) is 6.12. The lowest BCUT2D eigenvalue weighted by molar-refractivity contribution is -0.379. The van der Waals surface area contributed by atoms with Crippen LogP contribution in [0.3, 0.4) is 0 Å². The second-order valence-electron chi connectivity index (χ2n) is 5.68. The van der Waals surface area contributed by atoms with Crippen LogP contribution in [-0.4, -0.2) is 21.4 Å². The van der Waals surface area contributed by atoms with Crippen molar-refractivity contribution >= 4 is 0 Å². The third-order valence-corrected chi connectivity index (χ3v) is 5.16. The molecule has 0 unspecified atom stereocenters. The highest BCUT2D eigenvalue weighted by Crippen LogP contribution is 2.70. The minimum atomic E-state index is -0.759. The smallest absolute Gasteiger partial charge is 0.0801 e. The van der Waals surface area contributed by atoms with E-state index in [0.717, 1.165) is 0 Å².